The summed E-state index contributed by atoms with van der Waals surface area (Å²) in [7, 11) is 1.74. The molecule has 2 heterocycles. The van der Waals surface area contributed by atoms with E-state index in [0.29, 0.717) is 12.6 Å². The number of ether oxygens (including phenoxy) is 1. The molecular formula is C14H24N4OS. The molecule has 0 aliphatic rings. The molecule has 0 fully saturated rings. The average Bonchev–Trinajstić information content (AvgIpc) is 2.94. The Labute approximate surface area is 124 Å². The smallest absolute Gasteiger partial charge is 0.195 e. The number of thiazole rings is 1. The van der Waals surface area contributed by atoms with Crippen molar-refractivity contribution in [1.29, 1.82) is 0 Å². The highest BCUT2D eigenvalue weighted by Gasteiger charge is 2.22. The van der Waals surface area contributed by atoms with E-state index in [4.69, 9.17) is 15.5 Å². The number of imidazole rings is 1. The largest absolute Gasteiger partial charge is 0.383 e. The predicted octanol–water partition coefficient (Wildman–Crippen LogP) is 2.15. The van der Waals surface area contributed by atoms with Gasteiger partial charge in [0.25, 0.3) is 0 Å². The summed E-state index contributed by atoms with van der Waals surface area (Å²) in [5.74, 6) is 1.04. The van der Waals surface area contributed by atoms with E-state index in [2.05, 4.69) is 34.7 Å². The number of anilines is 1. The maximum Gasteiger partial charge on any atom is 0.195 e. The zero-order valence-corrected chi connectivity index (χ0v) is 13.5. The van der Waals surface area contributed by atoms with Crippen LogP contribution < -0.4 is 10.6 Å². The van der Waals surface area contributed by atoms with Crippen molar-refractivity contribution in [3.8, 4) is 0 Å². The van der Waals surface area contributed by atoms with Crippen LogP contribution in [0.5, 0.6) is 0 Å². The number of rotatable bonds is 7. The normalized spacial score (nSPS) is 14.7. The summed E-state index contributed by atoms with van der Waals surface area (Å²) in [5.41, 5.74) is 7.20. The number of likely N-dealkylation sites (N-methyl/N-ethyl adjacent to an activating group) is 1. The molecule has 2 aromatic rings. The van der Waals surface area contributed by atoms with E-state index < -0.39 is 0 Å². The van der Waals surface area contributed by atoms with Crippen LogP contribution in [0.1, 0.15) is 26.5 Å². The third kappa shape index (κ3) is 2.97. The van der Waals surface area contributed by atoms with Gasteiger partial charge >= 0.3 is 0 Å². The van der Waals surface area contributed by atoms with E-state index in [9.17, 15) is 0 Å². The van der Waals surface area contributed by atoms with E-state index in [0.717, 1.165) is 23.7 Å². The van der Waals surface area contributed by atoms with Crippen molar-refractivity contribution in [3.05, 3.63) is 17.3 Å². The fraction of sp³-hybridized carbons (Fsp3) is 0.643. The maximum atomic E-state index is 6.01. The highest BCUT2D eigenvalue weighted by molar-refractivity contribution is 7.15. The minimum Gasteiger partial charge on any atom is -0.383 e. The second kappa shape index (κ2) is 6.56. The molecule has 0 radical (unpaired) electrons. The molecule has 0 saturated heterocycles. The summed E-state index contributed by atoms with van der Waals surface area (Å²) in [5, 5.41) is 2.06. The average molecular weight is 296 g/mol. The summed E-state index contributed by atoms with van der Waals surface area (Å²) in [6, 6.07) is 0.409. The third-order valence-corrected chi connectivity index (χ3v) is 4.16. The standard InChI is InChI=1S/C14H24N4OS/c1-5-17(11(3)9-19-4)13-12(8-10(2)15)18-6-7-20-14(18)16-13/h6-7,10-11H,5,8-9,15H2,1-4H3. The molecule has 0 saturated carbocycles. The van der Waals surface area contributed by atoms with Crippen molar-refractivity contribution in [2.24, 2.45) is 5.73 Å². The van der Waals surface area contributed by atoms with Gasteiger partial charge in [0.2, 0.25) is 0 Å². The SMILES string of the molecule is CCN(c1nc2sccn2c1CC(C)N)C(C)COC. The van der Waals surface area contributed by atoms with Crippen LogP contribution in [0.3, 0.4) is 0 Å². The molecule has 0 aliphatic carbocycles. The lowest BCUT2D eigenvalue weighted by Crippen LogP contribution is -2.37. The Balaban J connectivity index is 2.42. The van der Waals surface area contributed by atoms with Gasteiger partial charge in [-0.1, -0.05) is 0 Å². The van der Waals surface area contributed by atoms with Crippen LogP contribution >= 0.6 is 11.3 Å². The fourth-order valence-electron chi connectivity index (χ4n) is 2.55. The molecule has 112 valence electrons. The van der Waals surface area contributed by atoms with Crippen molar-refractivity contribution < 1.29 is 4.74 Å². The van der Waals surface area contributed by atoms with Gasteiger partial charge < -0.3 is 15.4 Å². The van der Waals surface area contributed by atoms with Gasteiger partial charge in [-0.25, -0.2) is 4.98 Å². The van der Waals surface area contributed by atoms with Crippen LogP contribution in [0.15, 0.2) is 11.6 Å². The Hall–Kier alpha value is -1.11. The first kappa shape index (κ1) is 15.3. The number of nitrogens with zero attached hydrogens (tertiary/aromatic N) is 3. The van der Waals surface area contributed by atoms with Crippen LogP contribution in [-0.4, -0.2) is 41.7 Å². The van der Waals surface area contributed by atoms with Crippen molar-refractivity contribution in [2.45, 2.75) is 39.3 Å². The lowest BCUT2D eigenvalue weighted by molar-refractivity contribution is 0.181. The highest BCUT2D eigenvalue weighted by Crippen LogP contribution is 2.27. The number of hydrogen-bond acceptors (Lipinski definition) is 5. The Morgan fingerprint density at radius 2 is 2.25 bits per heavy atom. The van der Waals surface area contributed by atoms with Gasteiger partial charge in [-0.15, -0.1) is 11.3 Å². The monoisotopic (exact) mass is 296 g/mol. The first-order chi connectivity index (χ1) is 9.58. The van der Waals surface area contributed by atoms with Crippen LogP contribution in [-0.2, 0) is 11.2 Å². The van der Waals surface area contributed by atoms with Crippen LogP contribution in [0.2, 0.25) is 0 Å². The molecule has 0 spiro atoms. The molecular weight excluding hydrogens is 272 g/mol. The fourth-order valence-corrected chi connectivity index (χ4v) is 3.28. The molecule has 0 amide bonds. The number of aromatic nitrogens is 2. The molecule has 2 N–H and O–H groups in total. The quantitative estimate of drug-likeness (QED) is 0.850. The van der Waals surface area contributed by atoms with E-state index in [1.165, 1.54) is 5.69 Å². The van der Waals surface area contributed by atoms with Gasteiger partial charge in [-0.05, 0) is 20.8 Å². The second-order valence-corrected chi connectivity index (χ2v) is 6.08. The van der Waals surface area contributed by atoms with Gasteiger partial charge in [-0.3, -0.25) is 4.40 Å². The molecule has 5 nitrogen and oxygen atoms in total. The van der Waals surface area contributed by atoms with Crippen LogP contribution in [0.25, 0.3) is 4.96 Å². The molecule has 0 bridgehead atoms. The van der Waals surface area contributed by atoms with Gasteiger partial charge in [0.1, 0.15) is 0 Å². The van der Waals surface area contributed by atoms with E-state index >= 15 is 0 Å². The van der Waals surface area contributed by atoms with Crippen molar-refractivity contribution >= 4 is 22.1 Å². The topological polar surface area (TPSA) is 55.8 Å². The van der Waals surface area contributed by atoms with Gasteiger partial charge in [0, 0.05) is 37.7 Å². The predicted molar refractivity (Wildman–Crippen MR) is 84.8 cm³/mol. The minimum absolute atomic E-state index is 0.116. The van der Waals surface area contributed by atoms with Crippen LogP contribution in [0.4, 0.5) is 5.82 Å². The summed E-state index contributed by atoms with van der Waals surface area (Å²) in [4.78, 5) is 8.12. The molecule has 0 aromatic carbocycles. The maximum absolute atomic E-state index is 6.01. The molecule has 2 unspecified atom stereocenters. The first-order valence-electron chi connectivity index (χ1n) is 7.04. The molecule has 0 aliphatic heterocycles. The van der Waals surface area contributed by atoms with Crippen molar-refractivity contribution in [3.63, 3.8) is 0 Å². The summed E-state index contributed by atoms with van der Waals surface area (Å²) in [6.45, 7) is 7.94. The highest BCUT2D eigenvalue weighted by atomic mass is 32.1. The third-order valence-electron chi connectivity index (χ3n) is 3.41. The Kier molecular flexibility index (Phi) is 5.01. The zero-order chi connectivity index (χ0) is 14.7. The molecule has 2 atom stereocenters. The van der Waals surface area contributed by atoms with Gasteiger partial charge in [0.15, 0.2) is 10.8 Å². The number of hydrogen-bond donors (Lipinski definition) is 1. The first-order valence-corrected chi connectivity index (χ1v) is 7.92. The van der Waals surface area contributed by atoms with Gasteiger partial charge in [0.05, 0.1) is 18.3 Å². The zero-order valence-electron chi connectivity index (χ0n) is 12.7. The molecule has 2 aromatic heterocycles. The number of fused-ring (bicyclic) bond motifs is 1. The van der Waals surface area contributed by atoms with E-state index in [1.807, 2.05) is 6.92 Å². The summed E-state index contributed by atoms with van der Waals surface area (Å²) < 4.78 is 7.44. The number of nitrogens with two attached hydrogens (primary N) is 1. The molecule has 20 heavy (non-hydrogen) atoms. The molecule has 2 rings (SSSR count). The Morgan fingerprint density at radius 1 is 1.50 bits per heavy atom. The number of methoxy groups -OCH3 is 1. The summed E-state index contributed by atoms with van der Waals surface area (Å²) in [6.07, 6.45) is 2.90. The Bertz CT molecular complexity index is 548. The van der Waals surface area contributed by atoms with Crippen molar-refractivity contribution in [2.75, 3.05) is 25.2 Å². The summed E-state index contributed by atoms with van der Waals surface area (Å²) >= 11 is 1.66. The van der Waals surface area contributed by atoms with Gasteiger partial charge in [-0.2, -0.15) is 0 Å². The minimum atomic E-state index is 0.116. The lowest BCUT2D eigenvalue weighted by atomic mass is 10.1. The second-order valence-electron chi connectivity index (χ2n) is 5.21. The van der Waals surface area contributed by atoms with E-state index in [-0.39, 0.29) is 6.04 Å². The molecule has 6 heteroatoms. The van der Waals surface area contributed by atoms with Crippen molar-refractivity contribution in [1.82, 2.24) is 9.38 Å². The van der Waals surface area contributed by atoms with E-state index in [1.54, 1.807) is 18.4 Å². The van der Waals surface area contributed by atoms with Crippen LogP contribution in [0, 0.1) is 0 Å². The lowest BCUT2D eigenvalue weighted by Gasteiger charge is -2.28. The Morgan fingerprint density at radius 3 is 2.85 bits per heavy atom.